The van der Waals surface area contributed by atoms with Gasteiger partial charge in [0.05, 0.1) is 6.61 Å². The zero-order valence-corrected chi connectivity index (χ0v) is 10.8. The van der Waals surface area contributed by atoms with Gasteiger partial charge in [-0.15, -0.1) is 0 Å². The number of aromatic nitrogens is 1. The third kappa shape index (κ3) is 2.42. The van der Waals surface area contributed by atoms with Crippen LogP contribution in [0.5, 0.6) is 0 Å². The fraction of sp³-hybridized carbons (Fsp3) is 0.615. The van der Waals surface area contributed by atoms with E-state index < -0.39 is 0 Å². The third-order valence-electron chi connectivity index (χ3n) is 3.70. The molecule has 0 amide bonds. The van der Waals surface area contributed by atoms with Gasteiger partial charge in [0.15, 0.2) is 0 Å². The van der Waals surface area contributed by atoms with Gasteiger partial charge in [-0.3, -0.25) is 4.90 Å². The van der Waals surface area contributed by atoms with Crippen LogP contribution >= 0.6 is 0 Å². The second-order valence-electron chi connectivity index (χ2n) is 4.91. The van der Waals surface area contributed by atoms with E-state index in [-0.39, 0.29) is 6.61 Å². The zero-order valence-electron chi connectivity index (χ0n) is 10.8. The molecule has 1 N–H and O–H groups in total. The van der Waals surface area contributed by atoms with E-state index in [1.165, 1.54) is 0 Å². The van der Waals surface area contributed by atoms with Crippen molar-refractivity contribution in [1.29, 1.82) is 0 Å². The number of anilines is 1. The van der Waals surface area contributed by atoms with Crippen LogP contribution in [0.2, 0.25) is 0 Å². The van der Waals surface area contributed by atoms with Crippen molar-refractivity contribution >= 4 is 5.82 Å². The first-order valence-electron chi connectivity index (χ1n) is 6.15. The predicted octanol–water partition coefficient (Wildman–Crippen LogP) is 1.10. The molecule has 0 aliphatic carbocycles. The maximum absolute atomic E-state index is 9.36. The molecule has 1 fully saturated rings. The Morgan fingerprint density at radius 1 is 1.35 bits per heavy atom. The summed E-state index contributed by atoms with van der Waals surface area (Å²) in [5, 5.41) is 9.36. The van der Waals surface area contributed by atoms with Crippen LogP contribution in [-0.2, 0) is 6.61 Å². The number of hydrogen-bond donors (Lipinski definition) is 1. The van der Waals surface area contributed by atoms with Crippen LogP contribution < -0.4 is 4.90 Å². The first-order chi connectivity index (χ1) is 8.13. The van der Waals surface area contributed by atoms with Gasteiger partial charge < -0.3 is 10.0 Å². The predicted molar refractivity (Wildman–Crippen MR) is 69.1 cm³/mol. The first-order valence-corrected chi connectivity index (χ1v) is 6.15. The Morgan fingerprint density at radius 2 is 2.00 bits per heavy atom. The molecule has 0 radical (unpaired) electrons. The van der Waals surface area contributed by atoms with Crippen LogP contribution in [0.4, 0.5) is 5.82 Å². The highest BCUT2D eigenvalue weighted by molar-refractivity contribution is 5.47. The lowest BCUT2D eigenvalue weighted by molar-refractivity contribution is 0.169. The molecule has 2 atom stereocenters. The normalized spacial score (nSPS) is 26.2. The Morgan fingerprint density at radius 3 is 2.59 bits per heavy atom. The summed E-state index contributed by atoms with van der Waals surface area (Å²) < 4.78 is 0. The van der Waals surface area contributed by atoms with Crippen molar-refractivity contribution < 1.29 is 5.11 Å². The maximum atomic E-state index is 9.36. The molecular formula is C13H21N3O. The van der Waals surface area contributed by atoms with Crippen molar-refractivity contribution in [2.75, 3.05) is 25.0 Å². The summed E-state index contributed by atoms with van der Waals surface area (Å²) in [4.78, 5) is 9.08. The number of nitrogens with zero attached hydrogens (tertiary/aromatic N) is 3. The van der Waals surface area contributed by atoms with Crippen molar-refractivity contribution in [3.05, 3.63) is 23.9 Å². The van der Waals surface area contributed by atoms with Crippen molar-refractivity contribution in [2.24, 2.45) is 0 Å². The van der Waals surface area contributed by atoms with Gasteiger partial charge in [-0.05, 0) is 27.0 Å². The molecule has 2 rings (SSSR count). The summed E-state index contributed by atoms with van der Waals surface area (Å²) in [5.41, 5.74) is 0.913. The summed E-state index contributed by atoms with van der Waals surface area (Å²) >= 11 is 0. The number of piperazine rings is 1. The van der Waals surface area contributed by atoms with E-state index in [1.54, 1.807) is 6.20 Å². The van der Waals surface area contributed by atoms with Gasteiger partial charge in [-0.25, -0.2) is 4.98 Å². The minimum atomic E-state index is 0.0538. The van der Waals surface area contributed by atoms with Crippen LogP contribution in [0.1, 0.15) is 19.4 Å². The number of hydrogen-bond acceptors (Lipinski definition) is 4. The molecule has 1 aromatic heterocycles. The lowest BCUT2D eigenvalue weighted by atomic mass is 10.1. The second kappa shape index (κ2) is 5.02. The minimum Gasteiger partial charge on any atom is -0.392 e. The summed E-state index contributed by atoms with van der Waals surface area (Å²) in [7, 11) is 2.16. The van der Waals surface area contributed by atoms with Gasteiger partial charge in [0.1, 0.15) is 5.82 Å². The lowest BCUT2D eigenvalue weighted by Gasteiger charge is -2.43. The molecule has 2 heterocycles. The average molecular weight is 235 g/mol. The highest BCUT2D eigenvalue weighted by Gasteiger charge is 2.27. The van der Waals surface area contributed by atoms with E-state index in [1.807, 2.05) is 12.1 Å². The number of aliphatic hydroxyl groups excluding tert-OH is 1. The lowest BCUT2D eigenvalue weighted by Crippen LogP contribution is -2.55. The third-order valence-corrected chi connectivity index (χ3v) is 3.70. The van der Waals surface area contributed by atoms with Gasteiger partial charge in [0, 0.05) is 36.9 Å². The highest BCUT2D eigenvalue weighted by Crippen LogP contribution is 2.22. The van der Waals surface area contributed by atoms with Gasteiger partial charge in [-0.1, -0.05) is 6.07 Å². The molecule has 2 unspecified atom stereocenters. The van der Waals surface area contributed by atoms with E-state index in [4.69, 9.17) is 0 Å². The number of aliphatic hydroxyl groups is 1. The van der Waals surface area contributed by atoms with E-state index in [0.717, 1.165) is 24.5 Å². The Hall–Kier alpha value is -1.13. The SMILES string of the molecule is CC1CN(c2ncccc2CO)CC(C)N1C. The second-order valence-corrected chi connectivity index (χ2v) is 4.91. The summed E-state index contributed by atoms with van der Waals surface area (Å²) in [6.07, 6.45) is 1.79. The smallest absolute Gasteiger partial charge is 0.134 e. The monoisotopic (exact) mass is 235 g/mol. The Kier molecular flexibility index (Phi) is 3.64. The molecule has 4 nitrogen and oxygen atoms in total. The fourth-order valence-corrected chi connectivity index (χ4v) is 2.42. The number of likely N-dealkylation sites (N-methyl/N-ethyl adjacent to an activating group) is 1. The number of pyridine rings is 1. The standard InChI is InChI=1S/C13H21N3O/c1-10-7-16(8-11(2)15(10)3)13-12(9-17)5-4-6-14-13/h4-6,10-11,17H,7-9H2,1-3H3. The molecule has 1 saturated heterocycles. The van der Waals surface area contributed by atoms with Gasteiger partial charge in [-0.2, -0.15) is 0 Å². The van der Waals surface area contributed by atoms with Crippen LogP contribution in [0.15, 0.2) is 18.3 Å². The van der Waals surface area contributed by atoms with Crippen molar-refractivity contribution in [3.8, 4) is 0 Å². The van der Waals surface area contributed by atoms with Gasteiger partial charge in [0.25, 0.3) is 0 Å². The van der Waals surface area contributed by atoms with Crippen LogP contribution in [0.25, 0.3) is 0 Å². The summed E-state index contributed by atoms with van der Waals surface area (Å²) in [6.45, 7) is 6.43. The Balaban J connectivity index is 2.22. The van der Waals surface area contributed by atoms with Crippen LogP contribution in [0, 0.1) is 0 Å². The molecule has 94 valence electrons. The van der Waals surface area contributed by atoms with Crippen molar-refractivity contribution in [1.82, 2.24) is 9.88 Å². The molecule has 0 saturated carbocycles. The quantitative estimate of drug-likeness (QED) is 0.833. The van der Waals surface area contributed by atoms with Crippen molar-refractivity contribution in [3.63, 3.8) is 0 Å². The average Bonchev–Trinajstić information content (AvgIpc) is 2.35. The topological polar surface area (TPSA) is 39.6 Å². The Bertz CT molecular complexity index is 371. The largest absolute Gasteiger partial charge is 0.392 e. The first kappa shape index (κ1) is 12.3. The molecule has 4 heteroatoms. The van der Waals surface area contributed by atoms with Crippen molar-refractivity contribution in [2.45, 2.75) is 32.5 Å². The molecular weight excluding hydrogens is 214 g/mol. The summed E-state index contributed by atoms with van der Waals surface area (Å²) in [6, 6.07) is 4.83. The van der Waals surface area contributed by atoms with E-state index in [2.05, 4.69) is 35.7 Å². The molecule has 0 bridgehead atoms. The van der Waals surface area contributed by atoms with E-state index in [9.17, 15) is 5.11 Å². The fourth-order valence-electron chi connectivity index (χ4n) is 2.42. The van der Waals surface area contributed by atoms with Gasteiger partial charge in [0.2, 0.25) is 0 Å². The van der Waals surface area contributed by atoms with Crippen LogP contribution in [-0.4, -0.2) is 47.2 Å². The maximum Gasteiger partial charge on any atom is 0.134 e. The minimum absolute atomic E-state index is 0.0538. The highest BCUT2D eigenvalue weighted by atomic mass is 16.3. The molecule has 1 aliphatic heterocycles. The van der Waals surface area contributed by atoms with Gasteiger partial charge >= 0.3 is 0 Å². The molecule has 0 aromatic carbocycles. The molecule has 1 aromatic rings. The molecule has 17 heavy (non-hydrogen) atoms. The Labute approximate surface area is 103 Å². The van der Waals surface area contributed by atoms with E-state index >= 15 is 0 Å². The van der Waals surface area contributed by atoms with E-state index in [0.29, 0.717) is 12.1 Å². The molecule has 0 spiro atoms. The zero-order chi connectivity index (χ0) is 12.4. The summed E-state index contributed by atoms with van der Waals surface area (Å²) in [5.74, 6) is 0.932. The molecule has 1 aliphatic rings. The number of rotatable bonds is 2. The van der Waals surface area contributed by atoms with Crippen LogP contribution in [0.3, 0.4) is 0 Å².